The zero-order valence-electron chi connectivity index (χ0n) is 18.3. The molecule has 3 aliphatic rings. The summed E-state index contributed by atoms with van der Waals surface area (Å²) in [4.78, 5) is 8.24. The number of aromatic amines is 1. The van der Waals surface area contributed by atoms with E-state index < -0.39 is 0 Å². The van der Waals surface area contributed by atoms with E-state index in [2.05, 4.69) is 64.3 Å². The third-order valence-electron chi connectivity index (χ3n) is 6.43. The van der Waals surface area contributed by atoms with Crippen molar-refractivity contribution >= 4 is 10.9 Å². The molecule has 0 radical (unpaired) electrons. The molecule has 1 aromatic carbocycles. The number of rotatable bonds is 6. The maximum absolute atomic E-state index is 5.91. The monoisotopic (exact) mass is 417 g/mol. The average molecular weight is 418 g/mol. The fourth-order valence-electron chi connectivity index (χ4n) is 4.58. The Morgan fingerprint density at radius 2 is 1.97 bits per heavy atom. The third kappa shape index (κ3) is 4.57. The van der Waals surface area contributed by atoms with Gasteiger partial charge in [-0.05, 0) is 62.4 Å². The molecule has 0 bridgehead atoms. The highest BCUT2D eigenvalue weighted by Gasteiger charge is 2.22. The number of fused-ring (bicyclic) bond motifs is 1. The van der Waals surface area contributed by atoms with Crippen molar-refractivity contribution in [2.75, 3.05) is 32.7 Å². The fourth-order valence-corrected chi connectivity index (χ4v) is 4.58. The molecule has 0 atom stereocenters. The largest absolute Gasteiger partial charge is 0.456 e. The van der Waals surface area contributed by atoms with Crippen molar-refractivity contribution in [2.24, 2.45) is 0 Å². The number of piperazine rings is 1. The van der Waals surface area contributed by atoms with Gasteiger partial charge < -0.3 is 19.4 Å². The van der Waals surface area contributed by atoms with Gasteiger partial charge in [0.05, 0.1) is 0 Å². The molecule has 5 heteroatoms. The first-order valence-electron chi connectivity index (χ1n) is 11.4. The second kappa shape index (κ2) is 9.06. The Balaban J connectivity index is 1.07. The number of hydrogen-bond donors (Lipinski definition) is 1. The molecule has 1 N–H and O–H groups in total. The van der Waals surface area contributed by atoms with Gasteiger partial charge in [-0.2, -0.15) is 0 Å². The molecule has 2 aliphatic heterocycles. The maximum Gasteiger partial charge on any atom is 0.231 e. The van der Waals surface area contributed by atoms with Crippen molar-refractivity contribution in [1.82, 2.24) is 14.8 Å². The number of nitrogens with one attached hydrogen (secondary N) is 1. The van der Waals surface area contributed by atoms with Crippen LogP contribution in [0.3, 0.4) is 0 Å². The van der Waals surface area contributed by atoms with Crippen LogP contribution in [0.2, 0.25) is 0 Å². The lowest BCUT2D eigenvalue weighted by Gasteiger charge is -2.36. The molecule has 0 spiro atoms. The predicted molar refractivity (Wildman–Crippen MR) is 124 cm³/mol. The minimum absolute atomic E-state index is 0.824. The maximum atomic E-state index is 5.91. The van der Waals surface area contributed by atoms with Crippen molar-refractivity contribution in [3.05, 3.63) is 83.5 Å². The van der Waals surface area contributed by atoms with Gasteiger partial charge in [-0.1, -0.05) is 29.9 Å². The summed E-state index contributed by atoms with van der Waals surface area (Å²) >= 11 is 0. The van der Waals surface area contributed by atoms with E-state index in [9.17, 15) is 0 Å². The molecule has 5 nitrogen and oxygen atoms in total. The number of benzene rings is 1. The summed E-state index contributed by atoms with van der Waals surface area (Å²) in [6, 6.07) is 6.64. The number of hydrogen-bond acceptors (Lipinski definition) is 4. The second-order valence-corrected chi connectivity index (χ2v) is 8.63. The number of aryl methyl sites for hydroxylation is 2. The summed E-state index contributed by atoms with van der Waals surface area (Å²) in [6.45, 7) is 7.34. The lowest BCUT2D eigenvalue weighted by Crippen LogP contribution is -2.46. The molecule has 3 heterocycles. The molecule has 5 rings (SSSR count). The molecule has 0 unspecified atom stereocenters. The van der Waals surface area contributed by atoms with Gasteiger partial charge in [0.1, 0.15) is 6.26 Å². The Hall–Kier alpha value is -2.92. The zero-order valence-corrected chi connectivity index (χ0v) is 18.3. The SMILES string of the molecule is Cc1ccc2[nH]cc(CCCN3CCN(C4=COC(C5=CC=CCC5)=CO4)CC3)c2c1. The van der Waals surface area contributed by atoms with Gasteiger partial charge in [-0.15, -0.1) is 0 Å². The lowest BCUT2D eigenvalue weighted by atomic mass is 10.0. The second-order valence-electron chi connectivity index (χ2n) is 8.63. The first kappa shape index (κ1) is 20.0. The molecule has 1 fully saturated rings. The average Bonchev–Trinajstić information content (AvgIpc) is 3.22. The molecule has 0 saturated carbocycles. The Kier molecular flexibility index (Phi) is 5.85. The molecule has 2 aromatic rings. The van der Waals surface area contributed by atoms with E-state index in [1.165, 1.54) is 34.0 Å². The Morgan fingerprint density at radius 1 is 1.06 bits per heavy atom. The van der Waals surface area contributed by atoms with Crippen LogP contribution in [-0.4, -0.2) is 47.5 Å². The van der Waals surface area contributed by atoms with E-state index in [1.54, 1.807) is 12.5 Å². The van der Waals surface area contributed by atoms with Crippen LogP contribution in [0.1, 0.15) is 30.4 Å². The molecule has 0 amide bonds. The zero-order chi connectivity index (χ0) is 21.0. The summed E-state index contributed by atoms with van der Waals surface area (Å²) in [5.74, 6) is 1.66. The highest BCUT2D eigenvalue weighted by atomic mass is 16.6. The fraction of sp³-hybridized carbons (Fsp3) is 0.385. The van der Waals surface area contributed by atoms with Gasteiger partial charge in [-0.3, -0.25) is 4.90 Å². The van der Waals surface area contributed by atoms with E-state index in [0.717, 1.165) is 63.6 Å². The quantitative estimate of drug-likeness (QED) is 0.719. The number of aromatic nitrogens is 1. The number of allylic oxidation sites excluding steroid dienone is 4. The summed E-state index contributed by atoms with van der Waals surface area (Å²) in [7, 11) is 0. The predicted octanol–water partition coefficient (Wildman–Crippen LogP) is 4.99. The van der Waals surface area contributed by atoms with E-state index in [0.29, 0.717) is 0 Å². The van der Waals surface area contributed by atoms with Crippen LogP contribution in [0.5, 0.6) is 0 Å². The van der Waals surface area contributed by atoms with E-state index in [1.807, 2.05) is 0 Å². The van der Waals surface area contributed by atoms with Crippen molar-refractivity contribution in [3.63, 3.8) is 0 Å². The van der Waals surface area contributed by atoms with Crippen LogP contribution in [0, 0.1) is 6.92 Å². The normalized spacial score (nSPS) is 19.5. The number of H-pyrrole nitrogens is 1. The Bertz CT molecular complexity index is 1050. The molecule has 162 valence electrons. The van der Waals surface area contributed by atoms with Crippen LogP contribution in [0.15, 0.2) is 72.4 Å². The summed E-state index contributed by atoms with van der Waals surface area (Å²) in [6.07, 6.45) is 16.4. The number of ether oxygens (including phenoxy) is 2. The van der Waals surface area contributed by atoms with Gasteiger partial charge in [0.15, 0.2) is 12.0 Å². The van der Waals surface area contributed by atoms with Crippen molar-refractivity contribution < 1.29 is 9.47 Å². The van der Waals surface area contributed by atoms with Gasteiger partial charge in [0.25, 0.3) is 0 Å². The summed E-state index contributed by atoms with van der Waals surface area (Å²) in [5.41, 5.74) is 5.20. The van der Waals surface area contributed by atoms with E-state index in [-0.39, 0.29) is 0 Å². The van der Waals surface area contributed by atoms with Crippen LogP contribution < -0.4 is 0 Å². The molecular formula is C26H31N3O2. The lowest BCUT2D eigenvalue weighted by molar-refractivity contribution is 0.0842. The summed E-state index contributed by atoms with van der Waals surface area (Å²) in [5, 5.41) is 1.37. The van der Waals surface area contributed by atoms with E-state index >= 15 is 0 Å². The Morgan fingerprint density at radius 3 is 2.74 bits per heavy atom. The summed E-state index contributed by atoms with van der Waals surface area (Å²) < 4.78 is 11.8. The highest BCUT2D eigenvalue weighted by molar-refractivity contribution is 5.83. The van der Waals surface area contributed by atoms with Gasteiger partial charge in [0.2, 0.25) is 5.88 Å². The third-order valence-corrected chi connectivity index (χ3v) is 6.43. The highest BCUT2D eigenvalue weighted by Crippen LogP contribution is 2.26. The van der Waals surface area contributed by atoms with Crippen molar-refractivity contribution in [2.45, 2.75) is 32.6 Å². The molecule has 1 aromatic heterocycles. The topological polar surface area (TPSA) is 40.7 Å². The Labute approximate surface area is 184 Å². The first-order valence-corrected chi connectivity index (χ1v) is 11.4. The number of nitrogens with zero attached hydrogens (tertiary/aromatic N) is 2. The molecule has 1 aliphatic carbocycles. The van der Waals surface area contributed by atoms with Gasteiger partial charge >= 0.3 is 0 Å². The molecule has 31 heavy (non-hydrogen) atoms. The minimum Gasteiger partial charge on any atom is -0.456 e. The van der Waals surface area contributed by atoms with E-state index in [4.69, 9.17) is 9.47 Å². The van der Waals surface area contributed by atoms with Crippen molar-refractivity contribution in [1.29, 1.82) is 0 Å². The van der Waals surface area contributed by atoms with Crippen LogP contribution >= 0.6 is 0 Å². The molecular weight excluding hydrogens is 386 g/mol. The van der Waals surface area contributed by atoms with Crippen LogP contribution in [0.4, 0.5) is 0 Å². The van der Waals surface area contributed by atoms with Gasteiger partial charge in [0, 0.05) is 43.3 Å². The molecule has 1 saturated heterocycles. The standard InChI is InChI=1S/C26H31N3O2/c1-20-9-10-24-23(16-20)22(17-27-24)8-5-11-28-12-14-29(15-13-28)26-19-30-25(18-31-26)21-6-3-2-4-7-21/h2-3,6,9-10,16-19,27H,4-5,7-8,11-15H2,1H3. The first-order chi connectivity index (χ1) is 15.3. The smallest absolute Gasteiger partial charge is 0.231 e. The van der Waals surface area contributed by atoms with Crippen molar-refractivity contribution in [3.8, 4) is 0 Å². The van der Waals surface area contributed by atoms with Crippen LogP contribution in [-0.2, 0) is 15.9 Å². The van der Waals surface area contributed by atoms with Gasteiger partial charge in [-0.25, -0.2) is 0 Å². The minimum atomic E-state index is 0.824. The van der Waals surface area contributed by atoms with Crippen LogP contribution in [0.25, 0.3) is 10.9 Å².